The first kappa shape index (κ1) is 22.3. The van der Waals surface area contributed by atoms with Gasteiger partial charge in [0.25, 0.3) is 11.8 Å². The summed E-state index contributed by atoms with van der Waals surface area (Å²) in [6, 6.07) is 14.0. The van der Waals surface area contributed by atoms with Gasteiger partial charge in [0.1, 0.15) is 0 Å². The van der Waals surface area contributed by atoms with Crippen molar-refractivity contribution in [3.63, 3.8) is 0 Å². The molecule has 0 aliphatic carbocycles. The zero-order chi connectivity index (χ0) is 22.1. The number of likely N-dealkylation sites (tertiary alicyclic amines) is 1. The molecule has 1 saturated heterocycles. The van der Waals surface area contributed by atoms with Gasteiger partial charge in [-0.25, -0.2) is 0 Å². The van der Waals surface area contributed by atoms with Gasteiger partial charge in [-0.3, -0.25) is 14.4 Å². The molecule has 0 saturated carbocycles. The van der Waals surface area contributed by atoms with E-state index < -0.39 is 0 Å². The lowest BCUT2D eigenvalue weighted by Gasteiger charge is -2.20. The van der Waals surface area contributed by atoms with Crippen LogP contribution >= 0.6 is 0 Å². The number of hydrogen-bond acceptors (Lipinski definition) is 4. The van der Waals surface area contributed by atoms with E-state index in [4.69, 9.17) is 0 Å². The molecular formula is C24H30N4O3. The van der Waals surface area contributed by atoms with Crippen molar-refractivity contribution in [3.05, 3.63) is 59.7 Å². The van der Waals surface area contributed by atoms with Gasteiger partial charge in [0.05, 0.1) is 6.54 Å². The van der Waals surface area contributed by atoms with Crippen LogP contribution in [0.3, 0.4) is 0 Å². The Morgan fingerprint density at radius 2 is 1.39 bits per heavy atom. The predicted molar refractivity (Wildman–Crippen MR) is 122 cm³/mol. The topological polar surface area (TPSA) is 90.5 Å². The van der Waals surface area contributed by atoms with Crippen LogP contribution in [0.1, 0.15) is 53.3 Å². The molecule has 0 aromatic heterocycles. The minimum atomic E-state index is -0.195. The lowest BCUT2D eigenvalue weighted by Crippen LogP contribution is -2.31. The quantitative estimate of drug-likeness (QED) is 0.637. The fraction of sp³-hybridized carbons (Fsp3) is 0.375. The number of nitrogens with zero attached hydrogens (tertiary/aromatic N) is 1. The normalized spacial score (nSPS) is 13.8. The van der Waals surface area contributed by atoms with Crippen LogP contribution < -0.4 is 16.0 Å². The Morgan fingerprint density at radius 1 is 0.806 bits per heavy atom. The molecule has 3 rings (SSSR count). The molecule has 7 nitrogen and oxygen atoms in total. The highest BCUT2D eigenvalue weighted by molar-refractivity contribution is 5.97. The van der Waals surface area contributed by atoms with Crippen LogP contribution in [0.4, 0.5) is 11.4 Å². The standard InChI is InChI=1S/C24H30N4O3/c1-2-25-23(30)18-7-11-20(12-8-18)26-17-22(29)27-21-13-9-19(10-14-21)24(31)28-15-5-3-4-6-16-28/h7-14,26H,2-6,15-17H2,1H3,(H,25,30)(H,27,29). The second-order valence-electron chi connectivity index (χ2n) is 7.62. The van der Waals surface area contributed by atoms with E-state index in [0.717, 1.165) is 31.6 Å². The molecule has 0 atom stereocenters. The van der Waals surface area contributed by atoms with Crippen molar-refractivity contribution in [1.82, 2.24) is 10.2 Å². The van der Waals surface area contributed by atoms with E-state index in [2.05, 4.69) is 16.0 Å². The van der Waals surface area contributed by atoms with E-state index in [0.29, 0.717) is 23.4 Å². The molecule has 1 fully saturated rings. The number of amides is 3. The number of carbonyl (C=O) groups is 3. The molecule has 3 N–H and O–H groups in total. The van der Waals surface area contributed by atoms with E-state index in [1.807, 2.05) is 11.8 Å². The number of carbonyl (C=O) groups excluding carboxylic acids is 3. The Labute approximate surface area is 183 Å². The van der Waals surface area contributed by atoms with Gasteiger partial charge in [-0.05, 0) is 68.3 Å². The summed E-state index contributed by atoms with van der Waals surface area (Å²) in [5.41, 5.74) is 2.62. The van der Waals surface area contributed by atoms with Crippen LogP contribution in [0.5, 0.6) is 0 Å². The van der Waals surface area contributed by atoms with Crippen molar-refractivity contribution in [1.29, 1.82) is 0 Å². The molecule has 1 heterocycles. The van der Waals surface area contributed by atoms with E-state index in [1.54, 1.807) is 48.5 Å². The van der Waals surface area contributed by atoms with Crippen molar-refractivity contribution < 1.29 is 14.4 Å². The molecule has 1 aliphatic rings. The second kappa shape index (κ2) is 11.2. The third-order valence-electron chi connectivity index (χ3n) is 5.25. The summed E-state index contributed by atoms with van der Waals surface area (Å²) in [5.74, 6) is -0.263. The number of nitrogens with one attached hydrogen (secondary N) is 3. The van der Waals surface area contributed by atoms with Gasteiger partial charge < -0.3 is 20.9 Å². The van der Waals surface area contributed by atoms with Gasteiger partial charge in [0.2, 0.25) is 5.91 Å². The summed E-state index contributed by atoms with van der Waals surface area (Å²) in [4.78, 5) is 38.6. The summed E-state index contributed by atoms with van der Waals surface area (Å²) in [6.07, 6.45) is 4.48. The summed E-state index contributed by atoms with van der Waals surface area (Å²) in [7, 11) is 0. The lowest BCUT2D eigenvalue weighted by molar-refractivity contribution is -0.114. The molecule has 0 bridgehead atoms. The molecular weight excluding hydrogens is 392 g/mol. The summed E-state index contributed by atoms with van der Waals surface area (Å²) >= 11 is 0. The van der Waals surface area contributed by atoms with Gasteiger partial charge in [-0.15, -0.1) is 0 Å². The molecule has 2 aromatic rings. The van der Waals surface area contributed by atoms with Crippen LogP contribution in [0.2, 0.25) is 0 Å². The zero-order valence-electron chi connectivity index (χ0n) is 17.9. The fourth-order valence-corrected chi connectivity index (χ4v) is 3.54. The minimum absolute atomic E-state index is 0.0532. The van der Waals surface area contributed by atoms with E-state index in [-0.39, 0.29) is 24.3 Å². The Bertz CT molecular complexity index is 886. The van der Waals surface area contributed by atoms with Gasteiger partial charge in [-0.2, -0.15) is 0 Å². The summed E-state index contributed by atoms with van der Waals surface area (Å²) < 4.78 is 0. The average Bonchev–Trinajstić information content (AvgIpc) is 3.08. The van der Waals surface area contributed by atoms with Crippen LogP contribution in [-0.2, 0) is 4.79 Å². The Hall–Kier alpha value is -3.35. The first-order valence-corrected chi connectivity index (χ1v) is 10.9. The monoisotopic (exact) mass is 422 g/mol. The largest absolute Gasteiger partial charge is 0.376 e. The van der Waals surface area contributed by atoms with E-state index in [9.17, 15) is 14.4 Å². The van der Waals surface area contributed by atoms with Crippen LogP contribution in [-0.4, -0.2) is 48.8 Å². The van der Waals surface area contributed by atoms with Crippen molar-refractivity contribution in [2.45, 2.75) is 32.6 Å². The average molecular weight is 423 g/mol. The molecule has 0 spiro atoms. The molecule has 1 aliphatic heterocycles. The summed E-state index contributed by atoms with van der Waals surface area (Å²) in [5, 5.41) is 8.60. The second-order valence-corrected chi connectivity index (χ2v) is 7.62. The highest BCUT2D eigenvalue weighted by atomic mass is 16.2. The highest BCUT2D eigenvalue weighted by Crippen LogP contribution is 2.16. The molecule has 164 valence electrons. The Kier molecular flexibility index (Phi) is 8.04. The third kappa shape index (κ3) is 6.57. The highest BCUT2D eigenvalue weighted by Gasteiger charge is 2.17. The number of anilines is 2. The lowest BCUT2D eigenvalue weighted by atomic mass is 10.1. The van der Waals surface area contributed by atoms with Crippen molar-refractivity contribution in [2.75, 3.05) is 36.8 Å². The number of hydrogen-bond donors (Lipinski definition) is 3. The van der Waals surface area contributed by atoms with Gasteiger partial charge in [0.15, 0.2) is 0 Å². The van der Waals surface area contributed by atoms with Gasteiger partial charge in [-0.1, -0.05) is 12.8 Å². The van der Waals surface area contributed by atoms with Crippen molar-refractivity contribution >= 4 is 29.1 Å². The fourth-order valence-electron chi connectivity index (χ4n) is 3.54. The molecule has 3 amide bonds. The molecule has 0 radical (unpaired) electrons. The minimum Gasteiger partial charge on any atom is -0.376 e. The Morgan fingerprint density at radius 3 is 2.00 bits per heavy atom. The number of benzene rings is 2. The predicted octanol–water partition coefficient (Wildman–Crippen LogP) is 3.50. The first-order valence-electron chi connectivity index (χ1n) is 10.9. The van der Waals surface area contributed by atoms with Crippen molar-refractivity contribution in [3.8, 4) is 0 Å². The van der Waals surface area contributed by atoms with E-state index in [1.165, 1.54) is 12.8 Å². The molecule has 7 heteroatoms. The molecule has 0 unspecified atom stereocenters. The Balaban J connectivity index is 1.48. The maximum atomic E-state index is 12.7. The van der Waals surface area contributed by atoms with Gasteiger partial charge in [0, 0.05) is 42.1 Å². The molecule has 2 aromatic carbocycles. The van der Waals surface area contributed by atoms with E-state index >= 15 is 0 Å². The van der Waals surface area contributed by atoms with Gasteiger partial charge >= 0.3 is 0 Å². The zero-order valence-corrected chi connectivity index (χ0v) is 17.9. The van der Waals surface area contributed by atoms with Crippen LogP contribution in [0, 0.1) is 0 Å². The number of rotatable bonds is 7. The third-order valence-corrected chi connectivity index (χ3v) is 5.25. The van der Waals surface area contributed by atoms with Crippen LogP contribution in [0.15, 0.2) is 48.5 Å². The smallest absolute Gasteiger partial charge is 0.253 e. The molecule has 31 heavy (non-hydrogen) atoms. The SMILES string of the molecule is CCNC(=O)c1ccc(NCC(=O)Nc2ccc(C(=O)N3CCCCCC3)cc2)cc1. The maximum Gasteiger partial charge on any atom is 0.253 e. The summed E-state index contributed by atoms with van der Waals surface area (Å²) in [6.45, 7) is 4.16. The first-order chi connectivity index (χ1) is 15.1. The van der Waals surface area contributed by atoms with Crippen molar-refractivity contribution in [2.24, 2.45) is 0 Å². The maximum absolute atomic E-state index is 12.7. The van der Waals surface area contributed by atoms with Crippen LogP contribution in [0.25, 0.3) is 0 Å².